The molecule has 0 bridgehead atoms. The van der Waals surface area contributed by atoms with E-state index in [1.165, 1.54) is 11.3 Å². The highest BCUT2D eigenvalue weighted by atomic mass is 32.1. The van der Waals surface area contributed by atoms with Gasteiger partial charge in [-0.15, -0.1) is 11.3 Å². The van der Waals surface area contributed by atoms with Crippen molar-refractivity contribution in [2.45, 2.75) is 6.92 Å². The van der Waals surface area contributed by atoms with Crippen molar-refractivity contribution in [1.29, 1.82) is 0 Å². The first kappa shape index (κ1) is 16.1. The molecule has 24 heavy (non-hydrogen) atoms. The van der Waals surface area contributed by atoms with Crippen molar-refractivity contribution in [1.82, 2.24) is 0 Å². The van der Waals surface area contributed by atoms with E-state index in [9.17, 15) is 9.59 Å². The molecule has 0 aliphatic carbocycles. The maximum absolute atomic E-state index is 12.3. The van der Waals surface area contributed by atoms with Crippen molar-refractivity contribution in [3.63, 3.8) is 0 Å². The van der Waals surface area contributed by atoms with Gasteiger partial charge >= 0.3 is 5.97 Å². The van der Waals surface area contributed by atoms with Crippen LogP contribution < -0.4 is 0 Å². The van der Waals surface area contributed by atoms with E-state index in [0.29, 0.717) is 17.0 Å². The van der Waals surface area contributed by atoms with Gasteiger partial charge < -0.3 is 4.74 Å². The summed E-state index contributed by atoms with van der Waals surface area (Å²) in [6, 6.07) is 16.9. The molecule has 0 N–H and O–H groups in total. The van der Waals surface area contributed by atoms with Gasteiger partial charge in [0.1, 0.15) is 0 Å². The lowest BCUT2D eigenvalue weighted by Crippen LogP contribution is -2.03. The third-order valence-corrected chi connectivity index (χ3v) is 4.61. The Bertz CT molecular complexity index is 907. The Hall–Kier alpha value is -2.72. The number of benzene rings is 2. The number of esters is 1. The maximum Gasteiger partial charge on any atom is 0.338 e. The zero-order valence-electron chi connectivity index (χ0n) is 13.2. The molecule has 0 aliphatic rings. The number of carbonyl (C=O) groups excluding carboxylic acids is 2. The number of thiophene rings is 1. The highest BCUT2D eigenvalue weighted by Crippen LogP contribution is 2.27. The molecule has 0 saturated heterocycles. The SMILES string of the molecule is CCOC(=O)c1ccc2cc(C(=O)/C=C/c3ccccc3)sc2c1. The van der Waals surface area contributed by atoms with Gasteiger partial charge in [-0.1, -0.05) is 42.5 Å². The van der Waals surface area contributed by atoms with Gasteiger partial charge in [-0.05, 0) is 42.1 Å². The number of ketones is 1. The summed E-state index contributed by atoms with van der Waals surface area (Å²) in [4.78, 5) is 24.8. The number of fused-ring (bicyclic) bond motifs is 1. The summed E-state index contributed by atoms with van der Waals surface area (Å²) < 4.78 is 5.91. The van der Waals surface area contributed by atoms with Gasteiger partial charge in [-0.2, -0.15) is 0 Å². The van der Waals surface area contributed by atoms with Crippen molar-refractivity contribution in [3.8, 4) is 0 Å². The van der Waals surface area contributed by atoms with E-state index in [2.05, 4.69) is 0 Å². The van der Waals surface area contributed by atoms with Crippen LogP contribution in [0.25, 0.3) is 16.2 Å². The lowest BCUT2D eigenvalue weighted by molar-refractivity contribution is 0.0526. The quantitative estimate of drug-likeness (QED) is 0.375. The molecule has 0 spiro atoms. The Labute approximate surface area is 144 Å². The largest absolute Gasteiger partial charge is 0.462 e. The van der Waals surface area contributed by atoms with E-state index in [0.717, 1.165) is 15.6 Å². The molecule has 2 aromatic carbocycles. The van der Waals surface area contributed by atoms with Crippen molar-refractivity contribution in [2.75, 3.05) is 6.61 Å². The molecular weight excluding hydrogens is 320 g/mol. The molecule has 0 aliphatic heterocycles. The molecule has 0 amide bonds. The monoisotopic (exact) mass is 336 g/mol. The van der Waals surface area contributed by atoms with Crippen LogP contribution in [0.4, 0.5) is 0 Å². The fourth-order valence-electron chi connectivity index (χ4n) is 2.31. The number of ether oxygens (including phenoxy) is 1. The number of allylic oxidation sites excluding steroid dienone is 1. The molecule has 1 heterocycles. The molecule has 0 atom stereocenters. The van der Waals surface area contributed by atoms with Gasteiger partial charge in [-0.25, -0.2) is 4.79 Å². The minimum absolute atomic E-state index is 0.0438. The summed E-state index contributed by atoms with van der Waals surface area (Å²) in [5.74, 6) is -0.387. The van der Waals surface area contributed by atoms with Crippen LogP contribution >= 0.6 is 11.3 Å². The van der Waals surface area contributed by atoms with Gasteiger partial charge in [0, 0.05) is 4.70 Å². The first-order valence-corrected chi connectivity index (χ1v) is 8.47. The minimum Gasteiger partial charge on any atom is -0.462 e. The van der Waals surface area contributed by atoms with Crippen LogP contribution in [0.1, 0.15) is 32.5 Å². The molecule has 4 heteroatoms. The number of hydrogen-bond donors (Lipinski definition) is 0. The van der Waals surface area contributed by atoms with E-state index in [4.69, 9.17) is 4.74 Å². The molecule has 120 valence electrons. The van der Waals surface area contributed by atoms with Crippen molar-refractivity contribution in [3.05, 3.63) is 76.7 Å². The Morgan fingerprint density at radius 2 is 1.88 bits per heavy atom. The highest BCUT2D eigenvalue weighted by molar-refractivity contribution is 7.21. The molecule has 3 aromatic rings. The topological polar surface area (TPSA) is 43.4 Å². The second-order valence-electron chi connectivity index (χ2n) is 5.19. The van der Waals surface area contributed by atoms with E-state index in [1.807, 2.05) is 42.5 Å². The predicted octanol–water partition coefficient (Wildman–Crippen LogP) is 4.97. The zero-order valence-corrected chi connectivity index (χ0v) is 14.0. The maximum atomic E-state index is 12.3. The van der Waals surface area contributed by atoms with Crippen LogP contribution in [-0.2, 0) is 4.74 Å². The lowest BCUT2D eigenvalue weighted by Gasteiger charge is -2.00. The number of rotatable bonds is 5. The van der Waals surface area contributed by atoms with Gasteiger partial charge in [0.25, 0.3) is 0 Å². The summed E-state index contributed by atoms with van der Waals surface area (Å²) in [7, 11) is 0. The van der Waals surface area contributed by atoms with Crippen LogP contribution in [0.3, 0.4) is 0 Å². The fraction of sp³-hybridized carbons (Fsp3) is 0.100. The zero-order chi connectivity index (χ0) is 16.9. The second kappa shape index (κ2) is 7.23. The molecule has 0 unspecified atom stereocenters. The summed E-state index contributed by atoms with van der Waals surface area (Å²) in [6.07, 6.45) is 3.38. The fourth-order valence-corrected chi connectivity index (χ4v) is 3.33. The number of carbonyl (C=O) groups is 2. The number of hydrogen-bond acceptors (Lipinski definition) is 4. The standard InChI is InChI=1S/C20H16O3S/c1-2-23-20(22)16-10-9-15-12-19(24-18(15)13-16)17(21)11-8-14-6-4-3-5-7-14/h3-13H,2H2,1H3/b11-8+. The van der Waals surface area contributed by atoms with Gasteiger partial charge in [0.05, 0.1) is 17.0 Å². The average molecular weight is 336 g/mol. The Morgan fingerprint density at radius 1 is 1.08 bits per heavy atom. The van der Waals surface area contributed by atoms with Crippen LogP contribution in [0.15, 0.2) is 60.7 Å². The Kier molecular flexibility index (Phi) is 4.87. The van der Waals surface area contributed by atoms with Gasteiger partial charge in [0.15, 0.2) is 5.78 Å². The molecular formula is C20H16O3S. The van der Waals surface area contributed by atoms with E-state index < -0.39 is 0 Å². The van der Waals surface area contributed by atoms with E-state index >= 15 is 0 Å². The normalized spacial score (nSPS) is 11.0. The Balaban J connectivity index is 1.83. The lowest BCUT2D eigenvalue weighted by atomic mass is 10.1. The molecule has 3 nitrogen and oxygen atoms in total. The van der Waals surface area contributed by atoms with E-state index in [1.54, 1.807) is 31.2 Å². The summed E-state index contributed by atoms with van der Waals surface area (Å²) in [5, 5.41) is 0.949. The molecule has 3 rings (SSSR count). The average Bonchev–Trinajstić information content (AvgIpc) is 3.04. The predicted molar refractivity (Wildman–Crippen MR) is 97.6 cm³/mol. The third kappa shape index (κ3) is 3.60. The van der Waals surface area contributed by atoms with Gasteiger partial charge in [-0.3, -0.25) is 4.79 Å². The molecule has 0 radical (unpaired) electrons. The molecule has 0 fully saturated rings. The van der Waals surface area contributed by atoms with Crippen molar-refractivity contribution >= 4 is 39.3 Å². The smallest absolute Gasteiger partial charge is 0.338 e. The van der Waals surface area contributed by atoms with Gasteiger partial charge in [0.2, 0.25) is 0 Å². The summed E-state index contributed by atoms with van der Waals surface area (Å²) in [5.41, 5.74) is 1.49. The van der Waals surface area contributed by atoms with Crippen LogP contribution in [0, 0.1) is 0 Å². The van der Waals surface area contributed by atoms with Crippen molar-refractivity contribution in [2.24, 2.45) is 0 Å². The first-order valence-electron chi connectivity index (χ1n) is 7.65. The summed E-state index contributed by atoms with van der Waals surface area (Å²) in [6.45, 7) is 2.12. The minimum atomic E-state index is -0.343. The van der Waals surface area contributed by atoms with Crippen molar-refractivity contribution < 1.29 is 14.3 Å². The van der Waals surface area contributed by atoms with Crippen LogP contribution in [0.5, 0.6) is 0 Å². The highest BCUT2D eigenvalue weighted by Gasteiger charge is 2.11. The third-order valence-electron chi connectivity index (χ3n) is 3.50. The molecule has 1 aromatic heterocycles. The van der Waals surface area contributed by atoms with Crippen LogP contribution in [0.2, 0.25) is 0 Å². The first-order chi connectivity index (χ1) is 11.7. The van der Waals surface area contributed by atoms with E-state index in [-0.39, 0.29) is 11.8 Å². The molecule has 0 saturated carbocycles. The Morgan fingerprint density at radius 3 is 2.62 bits per heavy atom. The summed E-state index contributed by atoms with van der Waals surface area (Å²) >= 11 is 1.38. The second-order valence-corrected chi connectivity index (χ2v) is 6.28. The van der Waals surface area contributed by atoms with Crippen LogP contribution in [-0.4, -0.2) is 18.4 Å².